The number of carbonyl (C=O) groups is 3. The molecule has 4 atom stereocenters. The number of unbranched alkanes of at least 4 members (excludes halogenated alkanes) is 1. The Morgan fingerprint density at radius 1 is 1.00 bits per heavy atom. The molecular formula is C24H26N3O3+. The lowest BCUT2D eigenvalue weighted by atomic mass is 9.76. The number of para-hydroxylation sites is 1. The highest BCUT2D eigenvalue weighted by atomic mass is 16.2. The van der Waals surface area contributed by atoms with E-state index in [0.717, 1.165) is 29.7 Å². The highest BCUT2D eigenvalue weighted by Gasteiger charge is 2.73. The van der Waals surface area contributed by atoms with Crippen LogP contribution in [0.5, 0.6) is 0 Å². The molecule has 0 aromatic heterocycles. The summed E-state index contributed by atoms with van der Waals surface area (Å²) in [6.07, 6.45) is 2.32. The molecule has 0 bridgehead atoms. The zero-order valence-electron chi connectivity index (χ0n) is 17.0. The number of hydrogen-bond donors (Lipinski definition) is 2. The molecule has 3 amide bonds. The normalized spacial score (nSPS) is 29.4. The van der Waals surface area contributed by atoms with E-state index in [1.165, 1.54) is 4.90 Å². The number of carbonyl (C=O) groups excluding carboxylic acids is 3. The van der Waals surface area contributed by atoms with Crippen LogP contribution in [-0.2, 0) is 26.3 Å². The predicted molar refractivity (Wildman–Crippen MR) is 111 cm³/mol. The Bertz CT molecular complexity index is 1020. The van der Waals surface area contributed by atoms with E-state index in [1.54, 1.807) is 0 Å². The van der Waals surface area contributed by atoms with Gasteiger partial charge in [0.05, 0.1) is 5.69 Å². The van der Waals surface area contributed by atoms with Crippen LogP contribution in [0.2, 0.25) is 0 Å². The molecule has 30 heavy (non-hydrogen) atoms. The van der Waals surface area contributed by atoms with Gasteiger partial charge in [-0.25, -0.2) is 0 Å². The molecule has 6 nitrogen and oxygen atoms in total. The highest BCUT2D eigenvalue weighted by molar-refractivity contribution is 6.13. The van der Waals surface area contributed by atoms with Crippen LogP contribution in [0, 0.1) is 11.8 Å². The van der Waals surface area contributed by atoms with E-state index in [2.05, 4.69) is 5.32 Å². The van der Waals surface area contributed by atoms with E-state index >= 15 is 0 Å². The molecule has 2 aromatic rings. The van der Waals surface area contributed by atoms with Gasteiger partial charge in [-0.3, -0.25) is 19.3 Å². The van der Waals surface area contributed by atoms with Gasteiger partial charge in [-0.05, 0) is 18.1 Å². The molecule has 3 N–H and O–H groups in total. The first kappa shape index (κ1) is 19.0. The molecule has 0 radical (unpaired) electrons. The molecule has 3 aliphatic heterocycles. The number of nitrogens with zero attached hydrogens (tertiary/aromatic N) is 1. The van der Waals surface area contributed by atoms with Gasteiger partial charge in [-0.15, -0.1) is 0 Å². The summed E-state index contributed by atoms with van der Waals surface area (Å²) in [6, 6.07) is 17.4. The summed E-state index contributed by atoms with van der Waals surface area (Å²) < 4.78 is 0. The van der Waals surface area contributed by atoms with Crippen LogP contribution in [0.15, 0.2) is 54.6 Å². The lowest BCUT2D eigenvalue weighted by molar-refractivity contribution is -0.733. The van der Waals surface area contributed by atoms with Crippen LogP contribution in [-0.4, -0.2) is 35.2 Å². The lowest BCUT2D eigenvalue weighted by Crippen LogP contribution is -2.99. The summed E-state index contributed by atoms with van der Waals surface area (Å²) in [4.78, 5) is 41.7. The Hall–Kier alpha value is -2.99. The third-order valence-electron chi connectivity index (χ3n) is 6.92. The van der Waals surface area contributed by atoms with Crippen molar-refractivity contribution in [3.05, 3.63) is 65.7 Å². The average Bonchev–Trinajstić information content (AvgIpc) is 3.33. The summed E-state index contributed by atoms with van der Waals surface area (Å²) >= 11 is 0. The van der Waals surface area contributed by atoms with Gasteiger partial charge >= 0.3 is 0 Å². The third kappa shape index (κ3) is 2.56. The molecule has 0 saturated carbocycles. The number of rotatable bonds is 5. The molecule has 0 unspecified atom stereocenters. The highest BCUT2D eigenvalue weighted by Crippen LogP contribution is 2.49. The van der Waals surface area contributed by atoms with E-state index < -0.39 is 17.4 Å². The minimum absolute atomic E-state index is 0.121. The molecule has 2 aromatic carbocycles. The Morgan fingerprint density at radius 3 is 2.50 bits per heavy atom. The SMILES string of the molecule is CCCCN1C(=O)[C@@H]2[C@H](Cc3ccccc3)[NH2+][C@]3(C(=O)Nc4ccccc43)[C@@H]2C1=O. The fourth-order valence-electron chi connectivity index (χ4n) is 5.59. The number of benzene rings is 2. The topological polar surface area (TPSA) is 83.1 Å². The van der Waals surface area contributed by atoms with Crippen LogP contribution in [0.25, 0.3) is 0 Å². The van der Waals surface area contributed by atoms with Crippen molar-refractivity contribution in [3.8, 4) is 0 Å². The van der Waals surface area contributed by atoms with E-state index in [9.17, 15) is 14.4 Å². The standard InChI is InChI=1S/C24H25N3O3/c1-2-3-13-27-21(28)19-18(14-15-9-5-4-6-10-15)26-24(20(19)22(27)29)16-11-7-8-12-17(16)25-23(24)30/h4-12,18-20,26H,2-3,13-14H2,1H3,(H,25,30)/p+1/t18-,19+,20-,24-/m0/s1. The Balaban J connectivity index is 1.60. The second-order valence-corrected chi connectivity index (χ2v) is 8.57. The van der Waals surface area contributed by atoms with E-state index in [1.807, 2.05) is 66.8 Å². The number of hydrogen-bond acceptors (Lipinski definition) is 3. The first-order valence-electron chi connectivity index (χ1n) is 10.7. The van der Waals surface area contributed by atoms with Crippen molar-refractivity contribution >= 4 is 23.4 Å². The summed E-state index contributed by atoms with van der Waals surface area (Å²) in [6.45, 7) is 2.47. The van der Waals surface area contributed by atoms with Crippen LogP contribution < -0.4 is 10.6 Å². The fraction of sp³-hybridized carbons (Fsp3) is 0.375. The number of nitrogens with two attached hydrogens (primary N) is 1. The van der Waals surface area contributed by atoms with Crippen LogP contribution >= 0.6 is 0 Å². The number of amides is 3. The van der Waals surface area contributed by atoms with Crippen LogP contribution in [0.3, 0.4) is 0 Å². The second-order valence-electron chi connectivity index (χ2n) is 8.57. The van der Waals surface area contributed by atoms with E-state index in [-0.39, 0.29) is 23.8 Å². The molecule has 3 heterocycles. The van der Waals surface area contributed by atoms with Crippen LogP contribution in [0.1, 0.15) is 30.9 Å². The first-order valence-corrected chi connectivity index (χ1v) is 10.7. The molecule has 6 heteroatoms. The van der Waals surface area contributed by atoms with Gasteiger partial charge in [0.1, 0.15) is 17.9 Å². The largest absolute Gasteiger partial charge is 0.326 e. The molecule has 2 saturated heterocycles. The van der Waals surface area contributed by atoms with Gasteiger partial charge in [-0.2, -0.15) is 0 Å². The predicted octanol–water partition coefficient (Wildman–Crippen LogP) is 1.42. The van der Waals surface area contributed by atoms with Gasteiger partial charge in [-0.1, -0.05) is 61.9 Å². The van der Waals surface area contributed by atoms with Gasteiger partial charge in [0.25, 0.3) is 5.91 Å². The summed E-state index contributed by atoms with van der Waals surface area (Å²) in [5, 5.41) is 4.97. The zero-order chi connectivity index (χ0) is 20.9. The first-order chi connectivity index (χ1) is 14.6. The monoisotopic (exact) mass is 404 g/mol. The average molecular weight is 404 g/mol. The summed E-state index contributed by atoms with van der Waals surface area (Å²) in [7, 11) is 0. The van der Waals surface area contributed by atoms with Crippen LogP contribution in [0.4, 0.5) is 5.69 Å². The summed E-state index contributed by atoms with van der Waals surface area (Å²) in [5.41, 5.74) is 1.59. The molecular weight excluding hydrogens is 378 g/mol. The Morgan fingerprint density at radius 2 is 1.73 bits per heavy atom. The smallest absolute Gasteiger partial charge is 0.291 e. The zero-order valence-corrected chi connectivity index (χ0v) is 17.0. The third-order valence-corrected chi connectivity index (χ3v) is 6.92. The van der Waals surface area contributed by atoms with Crippen molar-refractivity contribution in [3.63, 3.8) is 0 Å². The molecule has 5 rings (SSSR count). The molecule has 1 spiro atoms. The van der Waals surface area contributed by atoms with Crippen molar-refractivity contribution in [2.75, 3.05) is 11.9 Å². The second kappa shape index (κ2) is 7.06. The van der Waals surface area contributed by atoms with Crippen molar-refractivity contribution < 1.29 is 19.7 Å². The number of fused-ring (bicyclic) bond motifs is 4. The minimum Gasteiger partial charge on any atom is -0.326 e. The maximum absolute atomic E-state index is 13.5. The fourth-order valence-corrected chi connectivity index (χ4v) is 5.59. The van der Waals surface area contributed by atoms with E-state index in [4.69, 9.17) is 0 Å². The van der Waals surface area contributed by atoms with Gasteiger partial charge in [0, 0.05) is 18.5 Å². The van der Waals surface area contributed by atoms with Crippen molar-refractivity contribution in [2.45, 2.75) is 37.8 Å². The molecule has 3 aliphatic rings. The summed E-state index contributed by atoms with van der Waals surface area (Å²) in [5.74, 6) is -1.67. The molecule has 154 valence electrons. The quantitative estimate of drug-likeness (QED) is 0.740. The number of nitrogens with one attached hydrogen (secondary N) is 1. The number of likely N-dealkylation sites (tertiary alicyclic amines) is 1. The number of anilines is 1. The Kier molecular flexibility index (Phi) is 4.47. The molecule has 0 aliphatic carbocycles. The Labute approximate surface area is 175 Å². The van der Waals surface area contributed by atoms with Crippen molar-refractivity contribution in [2.24, 2.45) is 11.8 Å². The minimum atomic E-state index is -1.07. The van der Waals surface area contributed by atoms with Crippen molar-refractivity contribution in [1.82, 2.24) is 4.90 Å². The van der Waals surface area contributed by atoms with Gasteiger partial charge in [0.15, 0.2) is 0 Å². The number of imide groups is 1. The maximum atomic E-state index is 13.5. The lowest BCUT2D eigenvalue weighted by Gasteiger charge is -2.26. The van der Waals surface area contributed by atoms with Crippen molar-refractivity contribution in [1.29, 1.82) is 0 Å². The van der Waals surface area contributed by atoms with Gasteiger partial charge < -0.3 is 10.6 Å². The van der Waals surface area contributed by atoms with E-state index in [0.29, 0.717) is 13.0 Å². The number of quaternary nitrogens is 1. The molecule has 2 fully saturated rings. The van der Waals surface area contributed by atoms with Gasteiger partial charge in [0.2, 0.25) is 17.4 Å². The maximum Gasteiger partial charge on any atom is 0.291 e.